The van der Waals surface area contributed by atoms with Gasteiger partial charge in [-0.3, -0.25) is 9.59 Å². The highest BCUT2D eigenvalue weighted by Crippen LogP contribution is 2.13. The van der Waals surface area contributed by atoms with E-state index in [1.54, 1.807) is 5.32 Å². The molecule has 2 N–H and O–H groups in total. The molecular weight excluding hydrogens is 313 g/mol. The molecule has 0 radical (unpaired) electrons. The number of halogens is 3. The van der Waals surface area contributed by atoms with Gasteiger partial charge in [0.1, 0.15) is 5.75 Å². The van der Waals surface area contributed by atoms with Crippen molar-refractivity contribution in [1.82, 2.24) is 10.6 Å². The van der Waals surface area contributed by atoms with E-state index in [-0.39, 0.29) is 31.8 Å². The van der Waals surface area contributed by atoms with Crippen LogP contribution in [-0.4, -0.2) is 37.7 Å². The summed E-state index contributed by atoms with van der Waals surface area (Å²) in [4.78, 5) is 22.0. The van der Waals surface area contributed by atoms with Gasteiger partial charge in [0, 0.05) is 19.5 Å². The average Bonchev–Trinajstić information content (AvgIpc) is 2.51. The topological polar surface area (TPSA) is 67.4 Å². The molecule has 128 valence electrons. The van der Waals surface area contributed by atoms with E-state index in [0.29, 0.717) is 13.0 Å². The van der Waals surface area contributed by atoms with Gasteiger partial charge >= 0.3 is 12.1 Å². The first-order valence-corrected chi connectivity index (χ1v) is 7.19. The van der Waals surface area contributed by atoms with Crippen LogP contribution in [0.15, 0.2) is 30.3 Å². The smallest absolute Gasteiger partial charge is 0.471 e. The summed E-state index contributed by atoms with van der Waals surface area (Å²) in [6.07, 6.45) is -3.84. The first kappa shape index (κ1) is 18.8. The molecule has 0 aliphatic heterocycles. The Morgan fingerprint density at radius 2 is 1.65 bits per heavy atom. The van der Waals surface area contributed by atoms with Gasteiger partial charge in [-0.2, -0.15) is 13.2 Å². The Bertz CT molecular complexity index is 492. The van der Waals surface area contributed by atoms with Crippen molar-refractivity contribution in [3.63, 3.8) is 0 Å². The van der Waals surface area contributed by atoms with Gasteiger partial charge in [-0.05, 0) is 25.0 Å². The van der Waals surface area contributed by atoms with Crippen molar-refractivity contribution >= 4 is 11.8 Å². The van der Waals surface area contributed by atoms with E-state index >= 15 is 0 Å². The summed E-state index contributed by atoms with van der Waals surface area (Å²) in [5, 5.41) is 4.30. The van der Waals surface area contributed by atoms with Crippen LogP contribution < -0.4 is 15.4 Å². The lowest BCUT2D eigenvalue weighted by Crippen LogP contribution is -2.38. The van der Waals surface area contributed by atoms with Crippen molar-refractivity contribution in [3.05, 3.63) is 30.3 Å². The van der Waals surface area contributed by atoms with Crippen LogP contribution in [0, 0.1) is 0 Å². The van der Waals surface area contributed by atoms with Gasteiger partial charge in [-0.15, -0.1) is 0 Å². The predicted molar refractivity (Wildman–Crippen MR) is 77.9 cm³/mol. The lowest BCUT2D eigenvalue weighted by Gasteiger charge is -2.09. The molecule has 0 saturated heterocycles. The van der Waals surface area contributed by atoms with E-state index in [4.69, 9.17) is 4.74 Å². The molecule has 1 aromatic carbocycles. The Morgan fingerprint density at radius 3 is 2.30 bits per heavy atom. The zero-order chi connectivity index (χ0) is 17.1. The molecule has 1 rings (SSSR count). The molecule has 0 spiro atoms. The van der Waals surface area contributed by atoms with Gasteiger partial charge < -0.3 is 15.4 Å². The fourth-order valence-electron chi connectivity index (χ4n) is 1.65. The maximum absolute atomic E-state index is 11.9. The molecule has 5 nitrogen and oxygen atoms in total. The highest BCUT2D eigenvalue weighted by Gasteiger charge is 2.38. The Morgan fingerprint density at radius 1 is 1.00 bits per heavy atom. The fraction of sp³-hybridized carbons (Fsp3) is 0.467. The first-order chi connectivity index (χ1) is 10.9. The molecule has 0 unspecified atom stereocenters. The third kappa shape index (κ3) is 8.70. The lowest BCUT2D eigenvalue weighted by molar-refractivity contribution is -0.173. The molecular formula is C15H19F3N2O3. The molecule has 0 atom stereocenters. The van der Waals surface area contributed by atoms with Crippen LogP contribution in [-0.2, 0) is 9.59 Å². The Hall–Kier alpha value is -2.25. The minimum Gasteiger partial charge on any atom is -0.494 e. The molecule has 1 aromatic rings. The monoisotopic (exact) mass is 332 g/mol. The SMILES string of the molecule is O=C(CCCOc1ccccc1)NCCCNC(=O)C(F)(F)F. The van der Waals surface area contributed by atoms with E-state index in [0.717, 1.165) is 5.75 Å². The molecule has 0 fully saturated rings. The summed E-state index contributed by atoms with van der Waals surface area (Å²) in [7, 11) is 0. The second-order valence-corrected chi connectivity index (χ2v) is 4.72. The molecule has 0 heterocycles. The summed E-state index contributed by atoms with van der Waals surface area (Å²) in [6, 6.07) is 9.20. The number of benzene rings is 1. The summed E-state index contributed by atoms with van der Waals surface area (Å²) in [5.41, 5.74) is 0. The van der Waals surface area contributed by atoms with Crippen LogP contribution in [0.1, 0.15) is 19.3 Å². The maximum atomic E-state index is 11.9. The molecule has 0 saturated carbocycles. The quantitative estimate of drug-likeness (QED) is 0.680. The minimum atomic E-state index is -4.87. The van der Waals surface area contributed by atoms with Crippen LogP contribution in [0.25, 0.3) is 0 Å². The van der Waals surface area contributed by atoms with Gasteiger partial charge in [0.2, 0.25) is 5.91 Å². The molecule has 23 heavy (non-hydrogen) atoms. The fourth-order valence-corrected chi connectivity index (χ4v) is 1.65. The summed E-state index contributed by atoms with van der Waals surface area (Å²) >= 11 is 0. The zero-order valence-electron chi connectivity index (χ0n) is 12.5. The largest absolute Gasteiger partial charge is 0.494 e. The van der Waals surface area contributed by atoms with Crippen molar-refractivity contribution in [2.45, 2.75) is 25.4 Å². The average molecular weight is 332 g/mol. The molecule has 0 aliphatic carbocycles. The van der Waals surface area contributed by atoms with E-state index < -0.39 is 12.1 Å². The normalized spacial score (nSPS) is 10.9. The van der Waals surface area contributed by atoms with E-state index in [1.165, 1.54) is 0 Å². The van der Waals surface area contributed by atoms with Gasteiger partial charge in [-0.1, -0.05) is 18.2 Å². The van der Waals surface area contributed by atoms with Crippen LogP contribution in [0.3, 0.4) is 0 Å². The highest BCUT2D eigenvalue weighted by atomic mass is 19.4. The third-order valence-corrected chi connectivity index (χ3v) is 2.78. The molecule has 8 heteroatoms. The van der Waals surface area contributed by atoms with E-state index in [2.05, 4.69) is 5.32 Å². The van der Waals surface area contributed by atoms with Crippen molar-refractivity contribution < 1.29 is 27.5 Å². The standard InChI is InChI=1S/C15H19F3N2O3/c16-15(17,18)14(22)20-10-5-9-19-13(21)8-4-11-23-12-6-2-1-3-7-12/h1-3,6-7H,4-5,8-11H2,(H,19,21)(H,20,22). The minimum absolute atomic E-state index is 0.143. The molecule has 0 aromatic heterocycles. The summed E-state index contributed by atoms with van der Waals surface area (Å²) in [6.45, 7) is 0.464. The summed E-state index contributed by atoms with van der Waals surface area (Å²) in [5.74, 6) is -1.45. The molecule has 2 amide bonds. The Kier molecular flexibility index (Phi) is 7.93. The number of carbonyl (C=O) groups excluding carboxylic acids is 2. The van der Waals surface area contributed by atoms with E-state index in [9.17, 15) is 22.8 Å². The number of alkyl halides is 3. The predicted octanol–water partition coefficient (Wildman–Crippen LogP) is 2.03. The van der Waals surface area contributed by atoms with Crippen LogP contribution in [0.4, 0.5) is 13.2 Å². The van der Waals surface area contributed by atoms with Crippen LogP contribution >= 0.6 is 0 Å². The Labute approximate surface area is 132 Å². The van der Waals surface area contributed by atoms with Crippen molar-refractivity contribution in [1.29, 1.82) is 0 Å². The van der Waals surface area contributed by atoms with Crippen LogP contribution in [0.5, 0.6) is 5.75 Å². The number of nitrogens with one attached hydrogen (secondary N) is 2. The lowest BCUT2D eigenvalue weighted by atomic mass is 10.3. The molecule has 0 bridgehead atoms. The first-order valence-electron chi connectivity index (χ1n) is 7.19. The molecule has 0 aliphatic rings. The number of para-hydroxylation sites is 1. The highest BCUT2D eigenvalue weighted by molar-refractivity contribution is 5.81. The second-order valence-electron chi connectivity index (χ2n) is 4.72. The Balaban J connectivity index is 1.99. The number of hydrogen-bond acceptors (Lipinski definition) is 3. The van der Waals surface area contributed by atoms with Gasteiger partial charge in [0.05, 0.1) is 6.61 Å². The van der Waals surface area contributed by atoms with Gasteiger partial charge in [0.25, 0.3) is 0 Å². The second kappa shape index (κ2) is 9.70. The number of hydrogen-bond donors (Lipinski definition) is 2. The number of ether oxygens (including phenoxy) is 1. The van der Waals surface area contributed by atoms with Crippen LogP contribution in [0.2, 0.25) is 0 Å². The van der Waals surface area contributed by atoms with Crippen molar-refractivity contribution in [2.24, 2.45) is 0 Å². The summed E-state index contributed by atoms with van der Waals surface area (Å²) < 4.78 is 41.1. The zero-order valence-corrected chi connectivity index (χ0v) is 12.5. The number of carbonyl (C=O) groups is 2. The van der Waals surface area contributed by atoms with E-state index in [1.807, 2.05) is 30.3 Å². The number of amides is 2. The van der Waals surface area contributed by atoms with Gasteiger partial charge in [-0.25, -0.2) is 0 Å². The number of rotatable bonds is 9. The van der Waals surface area contributed by atoms with Crippen molar-refractivity contribution in [3.8, 4) is 5.75 Å². The third-order valence-electron chi connectivity index (χ3n) is 2.78. The van der Waals surface area contributed by atoms with Crippen molar-refractivity contribution in [2.75, 3.05) is 19.7 Å². The van der Waals surface area contributed by atoms with Gasteiger partial charge in [0.15, 0.2) is 0 Å². The maximum Gasteiger partial charge on any atom is 0.471 e.